The summed E-state index contributed by atoms with van der Waals surface area (Å²) in [5, 5.41) is 2.83. The third-order valence-corrected chi connectivity index (χ3v) is 7.68. The Morgan fingerprint density at radius 1 is 1.24 bits per heavy atom. The van der Waals surface area contributed by atoms with Gasteiger partial charge in [0, 0.05) is 36.8 Å². The maximum absolute atomic E-state index is 12.7. The van der Waals surface area contributed by atoms with Crippen molar-refractivity contribution in [2.24, 2.45) is 5.41 Å². The second-order valence-corrected chi connectivity index (χ2v) is 10.9. The smallest absolute Gasteiger partial charge is 0.261 e. The first-order valence-electron chi connectivity index (χ1n) is 10.1. The molecule has 2 N–H and O–H groups in total. The van der Waals surface area contributed by atoms with Crippen molar-refractivity contribution in [3.63, 3.8) is 0 Å². The van der Waals surface area contributed by atoms with Crippen LogP contribution in [0, 0.1) is 5.41 Å². The van der Waals surface area contributed by atoms with Crippen LogP contribution < -0.4 is 10.9 Å². The number of ketones is 1. The monoisotopic (exact) mass is 423 g/mol. The minimum Gasteiger partial charge on any atom is -0.349 e. The molecule has 1 aromatic rings. The summed E-state index contributed by atoms with van der Waals surface area (Å²) >= 11 is 0. The molecule has 1 fully saturated rings. The van der Waals surface area contributed by atoms with Crippen molar-refractivity contribution in [2.75, 3.05) is 18.8 Å². The van der Waals surface area contributed by atoms with E-state index in [9.17, 15) is 22.8 Å². The Bertz CT molecular complexity index is 972. The fraction of sp³-hybridized carbons (Fsp3) is 0.650. The Labute approximate surface area is 171 Å². The molecular weight excluding hydrogens is 394 g/mol. The van der Waals surface area contributed by atoms with Crippen LogP contribution in [0.5, 0.6) is 0 Å². The lowest BCUT2D eigenvalue weighted by atomic mass is 9.75. The van der Waals surface area contributed by atoms with Gasteiger partial charge in [-0.3, -0.25) is 14.4 Å². The van der Waals surface area contributed by atoms with Crippen LogP contribution in [0.15, 0.2) is 10.9 Å². The van der Waals surface area contributed by atoms with E-state index in [0.29, 0.717) is 56.5 Å². The number of hydrogen-bond acceptors (Lipinski definition) is 5. The molecule has 2 aliphatic rings. The number of Topliss-reactive ketones (excluding diaryl/α,β-unsaturated/α-hetero) is 1. The maximum atomic E-state index is 12.7. The van der Waals surface area contributed by atoms with Crippen molar-refractivity contribution in [3.05, 3.63) is 33.2 Å². The van der Waals surface area contributed by atoms with E-state index in [1.54, 1.807) is 0 Å². The topological polar surface area (TPSA) is 116 Å². The first-order valence-corrected chi connectivity index (χ1v) is 11.7. The number of sulfonamides is 1. The van der Waals surface area contributed by atoms with Crippen molar-refractivity contribution in [2.45, 2.75) is 58.9 Å². The third-order valence-electron chi connectivity index (χ3n) is 5.61. The van der Waals surface area contributed by atoms with Crippen LogP contribution in [-0.2, 0) is 16.4 Å². The molecule has 160 valence electrons. The quantitative estimate of drug-likeness (QED) is 0.744. The van der Waals surface area contributed by atoms with Gasteiger partial charge in [0.1, 0.15) is 5.56 Å². The Morgan fingerprint density at radius 3 is 2.52 bits per heavy atom. The van der Waals surface area contributed by atoms with Crippen LogP contribution in [0.2, 0.25) is 0 Å². The summed E-state index contributed by atoms with van der Waals surface area (Å²) in [4.78, 5) is 40.3. The van der Waals surface area contributed by atoms with Crippen LogP contribution in [0.25, 0.3) is 0 Å². The van der Waals surface area contributed by atoms with Crippen LogP contribution in [0.3, 0.4) is 0 Å². The number of nitrogens with one attached hydrogen (secondary N) is 2. The summed E-state index contributed by atoms with van der Waals surface area (Å²) in [5.74, 6) is -0.475. The number of hydrogen-bond donors (Lipinski definition) is 2. The number of aromatic amines is 1. The lowest BCUT2D eigenvalue weighted by Crippen LogP contribution is -2.47. The minimum absolute atomic E-state index is 0.0714. The Morgan fingerprint density at radius 2 is 1.90 bits per heavy atom. The van der Waals surface area contributed by atoms with Gasteiger partial charge in [-0.1, -0.05) is 20.8 Å². The number of nitrogens with zero attached hydrogens (tertiary/aromatic N) is 1. The van der Waals surface area contributed by atoms with Gasteiger partial charge in [-0.15, -0.1) is 0 Å². The maximum Gasteiger partial charge on any atom is 0.261 e. The number of fused-ring (bicyclic) bond motifs is 1. The van der Waals surface area contributed by atoms with E-state index in [1.807, 2.05) is 20.8 Å². The molecule has 1 aliphatic heterocycles. The number of piperidine rings is 1. The molecule has 0 unspecified atom stereocenters. The molecule has 2 heterocycles. The molecule has 1 aromatic heterocycles. The number of pyridine rings is 1. The van der Waals surface area contributed by atoms with Crippen molar-refractivity contribution in [1.82, 2.24) is 14.6 Å². The average Bonchev–Trinajstić information content (AvgIpc) is 2.60. The average molecular weight is 424 g/mol. The van der Waals surface area contributed by atoms with Gasteiger partial charge in [-0.25, -0.2) is 12.7 Å². The molecule has 29 heavy (non-hydrogen) atoms. The van der Waals surface area contributed by atoms with Gasteiger partial charge in [0.15, 0.2) is 5.78 Å². The van der Waals surface area contributed by atoms with Crippen LogP contribution >= 0.6 is 0 Å². The van der Waals surface area contributed by atoms with Gasteiger partial charge in [0.05, 0.1) is 5.75 Å². The predicted octanol–water partition coefficient (Wildman–Crippen LogP) is 1.46. The fourth-order valence-corrected chi connectivity index (χ4v) is 5.67. The van der Waals surface area contributed by atoms with E-state index in [0.717, 1.165) is 0 Å². The molecule has 3 rings (SSSR count). The molecule has 0 bridgehead atoms. The normalized spacial score (nSPS) is 20.3. The lowest BCUT2D eigenvalue weighted by molar-refractivity contribution is 0.0910. The van der Waals surface area contributed by atoms with Crippen molar-refractivity contribution >= 4 is 21.7 Å². The van der Waals surface area contributed by atoms with Crippen LogP contribution in [0.4, 0.5) is 0 Å². The second-order valence-electron chi connectivity index (χ2n) is 8.81. The van der Waals surface area contributed by atoms with Gasteiger partial charge in [-0.2, -0.15) is 0 Å². The number of amides is 1. The molecule has 0 atom stereocenters. The van der Waals surface area contributed by atoms with E-state index in [2.05, 4.69) is 10.3 Å². The van der Waals surface area contributed by atoms with Gasteiger partial charge in [0.2, 0.25) is 10.0 Å². The second kappa shape index (κ2) is 8.02. The molecule has 0 saturated carbocycles. The van der Waals surface area contributed by atoms with Crippen molar-refractivity contribution < 1.29 is 18.0 Å². The van der Waals surface area contributed by atoms with E-state index < -0.39 is 21.5 Å². The van der Waals surface area contributed by atoms with Crippen LogP contribution in [-0.4, -0.2) is 54.3 Å². The summed E-state index contributed by atoms with van der Waals surface area (Å²) < 4.78 is 25.8. The third kappa shape index (κ3) is 4.78. The summed E-state index contributed by atoms with van der Waals surface area (Å²) in [6.45, 7) is 6.47. The molecule has 0 radical (unpaired) electrons. The fourth-order valence-electron chi connectivity index (χ4n) is 4.13. The number of carbonyl (C=O) groups excluding carboxylic acids is 2. The minimum atomic E-state index is -3.24. The molecule has 0 aromatic carbocycles. The number of carbonyl (C=O) groups is 2. The zero-order valence-corrected chi connectivity index (χ0v) is 18.0. The number of H-pyrrole nitrogens is 1. The molecular formula is C20H29N3O5S. The number of rotatable bonds is 5. The molecule has 0 spiro atoms. The Balaban J connectivity index is 1.69. The highest BCUT2D eigenvalue weighted by molar-refractivity contribution is 7.89. The Hall–Kier alpha value is -2.00. The van der Waals surface area contributed by atoms with E-state index >= 15 is 0 Å². The van der Waals surface area contributed by atoms with E-state index in [4.69, 9.17) is 0 Å². The van der Waals surface area contributed by atoms with Gasteiger partial charge in [-0.05, 0) is 37.2 Å². The molecule has 1 amide bonds. The summed E-state index contributed by atoms with van der Waals surface area (Å²) in [6.07, 6.45) is 2.50. The van der Waals surface area contributed by atoms with E-state index in [1.165, 1.54) is 10.4 Å². The molecule has 1 saturated heterocycles. The summed E-state index contributed by atoms with van der Waals surface area (Å²) in [5.41, 5.74) is 0.201. The van der Waals surface area contributed by atoms with E-state index in [-0.39, 0.29) is 28.6 Å². The highest BCUT2D eigenvalue weighted by atomic mass is 32.2. The highest BCUT2D eigenvalue weighted by Crippen LogP contribution is 2.33. The zero-order chi connectivity index (χ0) is 21.4. The lowest BCUT2D eigenvalue weighted by Gasteiger charge is -2.32. The number of aromatic nitrogens is 1. The summed E-state index contributed by atoms with van der Waals surface area (Å²) in [7, 11) is -3.24. The van der Waals surface area contributed by atoms with Crippen LogP contribution in [0.1, 0.15) is 72.9 Å². The zero-order valence-electron chi connectivity index (χ0n) is 17.2. The largest absolute Gasteiger partial charge is 0.349 e. The SMILES string of the molecule is CCCS(=O)(=O)N1CCC(NC(=O)c2cc3c([nH]c2=O)CC(C)(C)CC3=O)CC1. The standard InChI is InChI=1S/C20H29N3O5S/c1-4-9-29(27,28)23-7-5-13(6-8-23)21-18(25)15-10-14-16(22-19(15)26)11-20(2,3)12-17(14)24/h10,13H,4-9,11-12H2,1-3H3,(H,21,25)(H,22,26). The van der Waals surface area contributed by atoms with Gasteiger partial charge in [0.25, 0.3) is 11.5 Å². The molecule has 8 nitrogen and oxygen atoms in total. The van der Waals surface area contributed by atoms with Crippen molar-refractivity contribution in [3.8, 4) is 0 Å². The molecule has 9 heteroatoms. The van der Waals surface area contributed by atoms with Gasteiger partial charge >= 0.3 is 0 Å². The molecule has 1 aliphatic carbocycles. The first-order chi connectivity index (χ1) is 13.5. The predicted molar refractivity (Wildman–Crippen MR) is 110 cm³/mol. The van der Waals surface area contributed by atoms with Crippen molar-refractivity contribution in [1.29, 1.82) is 0 Å². The first kappa shape index (κ1) is 21.7. The summed E-state index contributed by atoms with van der Waals surface area (Å²) in [6, 6.07) is 1.20. The Kier molecular flexibility index (Phi) is 6.01. The highest BCUT2D eigenvalue weighted by Gasteiger charge is 2.33. The van der Waals surface area contributed by atoms with Gasteiger partial charge < -0.3 is 10.3 Å².